The summed E-state index contributed by atoms with van der Waals surface area (Å²) in [5.74, 6) is -0.819. The SMILES string of the molecule is O=C(Nc1cc(Cl)ccc1C(=O)O)Oc1ccccc1. The molecule has 2 rings (SSSR count). The Balaban J connectivity index is 2.15. The molecule has 20 heavy (non-hydrogen) atoms. The fourth-order valence-electron chi connectivity index (χ4n) is 1.54. The van der Waals surface area contributed by atoms with Crippen molar-refractivity contribution in [1.82, 2.24) is 0 Å². The maximum Gasteiger partial charge on any atom is 0.417 e. The molecule has 0 atom stereocenters. The molecule has 102 valence electrons. The third-order valence-corrected chi connectivity index (χ3v) is 2.64. The summed E-state index contributed by atoms with van der Waals surface area (Å²) in [6, 6.07) is 12.5. The van der Waals surface area contributed by atoms with E-state index in [1.54, 1.807) is 30.3 Å². The predicted octanol–water partition coefficient (Wildman–Crippen LogP) is 3.65. The Morgan fingerprint density at radius 2 is 1.80 bits per heavy atom. The van der Waals surface area contributed by atoms with E-state index in [2.05, 4.69) is 5.32 Å². The van der Waals surface area contributed by atoms with E-state index < -0.39 is 12.1 Å². The van der Waals surface area contributed by atoms with Crippen LogP contribution in [0.1, 0.15) is 10.4 Å². The van der Waals surface area contributed by atoms with Crippen molar-refractivity contribution in [3.63, 3.8) is 0 Å². The van der Waals surface area contributed by atoms with Crippen molar-refractivity contribution in [2.24, 2.45) is 0 Å². The van der Waals surface area contributed by atoms with Gasteiger partial charge >= 0.3 is 12.1 Å². The van der Waals surface area contributed by atoms with Crippen LogP contribution in [0.2, 0.25) is 5.02 Å². The molecule has 0 saturated carbocycles. The van der Waals surface area contributed by atoms with Crippen LogP contribution in [-0.4, -0.2) is 17.2 Å². The molecule has 0 aliphatic heterocycles. The van der Waals surface area contributed by atoms with Crippen LogP contribution < -0.4 is 10.1 Å². The van der Waals surface area contributed by atoms with Crippen LogP contribution in [0.4, 0.5) is 10.5 Å². The van der Waals surface area contributed by atoms with Gasteiger partial charge in [0.2, 0.25) is 0 Å². The number of carboxylic acids is 1. The van der Waals surface area contributed by atoms with Gasteiger partial charge in [-0.05, 0) is 30.3 Å². The molecule has 0 aliphatic rings. The first-order valence-electron chi connectivity index (χ1n) is 5.63. The van der Waals surface area contributed by atoms with E-state index in [0.717, 1.165) is 0 Å². The Morgan fingerprint density at radius 1 is 1.10 bits per heavy atom. The number of hydrogen-bond donors (Lipinski definition) is 2. The van der Waals surface area contributed by atoms with Crippen LogP contribution in [0.15, 0.2) is 48.5 Å². The highest BCUT2D eigenvalue weighted by atomic mass is 35.5. The highest BCUT2D eigenvalue weighted by Crippen LogP contribution is 2.21. The smallest absolute Gasteiger partial charge is 0.417 e. The molecule has 0 aromatic heterocycles. The fraction of sp³-hybridized carbons (Fsp3) is 0. The molecule has 0 heterocycles. The number of anilines is 1. The van der Waals surface area contributed by atoms with Crippen LogP contribution in [0.25, 0.3) is 0 Å². The van der Waals surface area contributed by atoms with E-state index in [0.29, 0.717) is 10.8 Å². The zero-order chi connectivity index (χ0) is 14.5. The highest BCUT2D eigenvalue weighted by molar-refractivity contribution is 6.31. The average molecular weight is 292 g/mol. The lowest BCUT2D eigenvalue weighted by molar-refractivity contribution is 0.0698. The topological polar surface area (TPSA) is 75.6 Å². The van der Waals surface area contributed by atoms with E-state index in [1.165, 1.54) is 18.2 Å². The number of rotatable bonds is 3. The van der Waals surface area contributed by atoms with Crippen molar-refractivity contribution in [1.29, 1.82) is 0 Å². The summed E-state index contributed by atoms with van der Waals surface area (Å²) in [5.41, 5.74) is 0.00495. The Bertz CT molecular complexity index is 643. The van der Waals surface area contributed by atoms with Gasteiger partial charge in [0.1, 0.15) is 5.75 Å². The second kappa shape index (κ2) is 6.08. The minimum Gasteiger partial charge on any atom is -0.478 e. The molecule has 0 fully saturated rings. The van der Waals surface area contributed by atoms with E-state index in [4.69, 9.17) is 21.4 Å². The molecule has 2 N–H and O–H groups in total. The number of nitrogens with one attached hydrogen (secondary N) is 1. The predicted molar refractivity (Wildman–Crippen MR) is 74.5 cm³/mol. The minimum absolute atomic E-state index is 0.0700. The van der Waals surface area contributed by atoms with Crippen LogP contribution in [0, 0.1) is 0 Å². The zero-order valence-corrected chi connectivity index (χ0v) is 10.9. The molecule has 0 unspecified atom stereocenters. The highest BCUT2D eigenvalue weighted by Gasteiger charge is 2.14. The van der Waals surface area contributed by atoms with Crippen molar-refractivity contribution in [3.8, 4) is 5.75 Å². The summed E-state index contributed by atoms with van der Waals surface area (Å²) >= 11 is 5.78. The van der Waals surface area contributed by atoms with Gasteiger partial charge in [-0.25, -0.2) is 9.59 Å². The van der Waals surface area contributed by atoms with Crippen molar-refractivity contribution < 1.29 is 19.4 Å². The minimum atomic E-state index is -1.17. The lowest BCUT2D eigenvalue weighted by atomic mass is 10.2. The molecule has 0 bridgehead atoms. The van der Waals surface area contributed by atoms with Gasteiger partial charge in [-0.15, -0.1) is 0 Å². The molecule has 0 saturated heterocycles. The molecule has 2 aromatic rings. The van der Waals surface area contributed by atoms with Gasteiger partial charge in [-0.1, -0.05) is 29.8 Å². The summed E-state index contributed by atoms with van der Waals surface area (Å²) in [7, 11) is 0. The van der Waals surface area contributed by atoms with Crippen molar-refractivity contribution in [3.05, 3.63) is 59.1 Å². The Morgan fingerprint density at radius 3 is 2.45 bits per heavy atom. The van der Waals surface area contributed by atoms with E-state index in [-0.39, 0.29) is 11.3 Å². The third-order valence-electron chi connectivity index (χ3n) is 2.40. The molecule has 0 spiro atoms. The Kier molecular flexibility index (Phi) is 4.22. The largest absolute Gasteiger partial charge is 0.478 e. The van der Waals surface area contributed by atoms with Gasteiger partial charge in [-0.3, -0.25) is 5.32 Å². The molecular weight excluding hydrogens is 282 g/mol. The van der Waals surface area contributed by atoms with Crippen LogP contribution in [0.3, 0.4) is 0 Å². The average Bonchev–Trinajstić information content (AvgIpc) is 2.39. The normalized spacial score (nSPS) is 9.85. The number of amides is 1. The van der Waals surface area contributed by atoms with E-state index >= 15 is 0 Å². The number of halogens is 1. The lowest BCUT2D eigenvalue weighted by Gasteiger charge is -2.09. The summed E-state index contributed by atoms with van der Waals surface area (Å²) in [6.07, 6.45) is -0.791. The quantitative estimate of drug-likeness (QED) is 0.905. The van der Waals surface area contributed by atoms with Crippen LogP contribution >= 0.6 is 11.6 Å². The first kappa shape index (κ1) is 13.9. The van der Waals surface area contributed by atoms with Crippen molar-refractivity contribution in [2.75, 3.05) is 5.32 Å². The van der Waals surface area contributed by atoms with Crippen molar-refractivity contribution in [2.45, 2.75) is 0 Å². The third kappa shape index (κ3) is 3.49. The monoisotopic (exact) mass is 291 g/mol. The molecule has 6 heteroatoms. The van der Waals surface area contributed by atoms with Gasteiger partial charge in [-0.2, -0.15) is 0 Å². The molecular formula is C14H10ClNO4. The molecule has 1 amide bonds. The molecule has 0 radical (unpaired) electrons. The number of para-hydroxylation sites is 1. The van der Waals surface area contributed by atoms with Crippen LogP contribution in [-0.2, 0) is 0 Å². The first-order valence-corrected chi connectivity index (χ1v) is 6.01. The maximum atomic E-state index is 11.7. The molecule has 0 aliphatic carbocycles. The van der Waals surface area contributed by atoms with E-state index in [9.17, 15) is 9.59 Å². The van der Waals surface area contributed by atoms with Gasteiger partial charge in [0.15, 0.2) is 0 Å². The lowest BCUT2D eigenvalue weighted by Crippen LogP contribution is -2.18. The standard InChI is InChI=1S/C14H10ClNO4/c15-9-6-7-11(13(17)18)12(8-9)16-14(19)20-10-4-2-1-3-5-10/h1-8H,(H,16,19)(H,17,18). The number of benzene rings is 2. The van der Waals surface area contributed by atoms with E-state index in [1.807, 2.05) is 0 Å². The maximum absolute atomic E-state index is 11.7. The van der Waals surface area contributed by atoms with Crippen molar-refractivity contribution >= 4 is 29.4 Å². The van der Waals surface area contributed by atoms with Gasteiger partial charge in [0, 0.05) is 5.02 Å². The summed E-state index contributed by atoms with van der Waals surface area (Å²) in [4.78, 5) is 22.7. The summed E-state index contributed by atoms with van der Waals surface area (Å²) in [6.45, 7) is 0. The second-order valence-electron chi connectivity index (χ2n) is 3.82. The first-order chi connectivity index (χ1) is 9.56. The number of aromatic carboxylic acids is 1. The number of carboxylic acid groups (broad SMARTS) is 1. The second-order valence-corrected chi connectivity index (χ2v) is 4.26. The Labute approximate surface area is 119 Å². The number of ether oxygens (including phenoxy) is 1. The fourth-order valence-corrected chi connectivity index (χ4v) is 1.71. The Hall–Kier alpha value is -2.53. The van der Waals surface area contributed by atoms with Gasteiger partial charge in [0.05, 0.1) is 11.3 Å². The number of carbonyl (C=O) groups is 2. The zero-order valence-electron chi connectivity index (χ0n) is 10.2. The molecule has 2 aromatic carbocycles. The van der Waals surface area contributed by atoms with Gasteiger partial charge < -0.3 is 9.84 Å². The number of hydrogen-bond acceptors (Lipinski definition) is 3. The summed E-state index contributed by atoms with van der Waals surface area (Å²) < 4.78 is 5.01. The molecule has 5 nitrogen and oxygen atoms in total. The van der Waals surface area contributed by atoms with Crippen LogP contribution in [0.5, 0.6) is 5.75 Å². The number of carbonyl (C=O) groups excluding carboxylic acids is 1. The summed E-state index contributed by atoms with van der Waals surface area (Å²) in [5, 5.41) is 11.7. The van der Waals surface area contributed by atoms with Gasteiger partial charge in [0.25, 0.3) is 0 Å².